The van der Waals surface area contributed by atoms with E-state index >= 15 is 0 Å². The molecule has 11 heteroatoms. The molecule has 11 nitrogen and oxygen atoms in total. The van der Waals surface area contributed by atoms with Crippen molar-refractivity contribution in [2.24, 2.45) is 7.05 Å². The molecule has 0 atom stereocenters. The van der Waals surface area contributed by atoms with Crippen molar-refractivity contribution in [3.8, 4) is 22.9 Å². The molecule has 0 N–H and O–H groups in total. The number of carbonyl (C=O) groups is 1. The van der Waals surface area contributed by atoms with Crippen LogP contribution >= 0.6 is 0 Å². The number of non-ortho nitro benzene ring substituents is 1. The summed E-state index contributed by atoms with van der Waals surface area (Å²) in [5.41, 5.74) is 2.43. The Balaban J connectivity index is 1.41. The first-order valence-corrected chi connectivity index (χ1v) is 10.5. The van der Waals surface area contributed by atoms with E-state index in [0.29, 0.717) is 28.5 Å². The predicted molar refractivity (Wildman–Crippen MR) is 116 cm³/mol. The molecule has 4 rings (SSSR count). The highest BCUT2D eigenvalue weighted by Crippen LogP contribution is 2.27. The lowest BCUT2D eigenvalue weighted by atomic mass is 10.2. The average Bonchev–Trinajstić information content (AvgIpc) is 3.43. The number of nitro benzene ring substituents is 1. The van der Waals surface area contributed by atoms with Gasteiger partial charge in [-0.1, -0.05) is 0 Å². The van der Waals surface area contributed by atoms with Crippen molar-refractivity contribution in [3.05, 3.63) is 58.2 Å². The highest BCUT2D eigenvalue weighted by molar-refractivity contribution is 5.65. The van der Waals surface area contributed by atoms with Crippen molar-refractivity contribution >= 4 is 11.8 Å². The Hall–Kier alpha value is -4.02. The Morgan fingerprint density at radius 3 is 2.61 bits per heavy atom. The zero-order valence-electron chi connectivity index (χ0n) is 18.3. The van der Waals surface area contributed by atoms with E-state index in [0.717, 1.165) is 12.8 Å². The van der Waals surface area contributed by atoms with E-state index in [1.165, 1.54) is 37.1 Å². The number of nitro groups is 1. The molecule has 1 aliphatic carbocycles. The maximum Gasteiger partial charge on any atom is 0.514 e. The van der Waals surface area contributed by atoms with Gasteiger partial charge in [-0.3, -0.25) is 14.8 Å². The molecule has 0 unspecified atom stereocenters. The van der Waals surface area contributed by atoms with Gasteiger partial charge in [0.25, 0.3) is 5.69 Å². The van der Waals surface area contributed by atoms with Crippen LogP contribution in [0.5, 0.6) is 11.6 Å². The van der Waals surface area contributed by atoms with Gasteiger partial charge in [0, 0.05) is 24.7 Å². The Labute approximate surface area is 189 Å². The van der Waals surface area contributed by atoms with Crippen LogP contribution < -0.4 is 9.47 Å². The quantitative estimate of drug-likeness (QED) is 0.224. The number of hydrogen-bond acceptors (Lipinski definition) is 9. The van der Waals surface area contributed by atoms with Crippen molar-refractivity contribution in [2.75, 3.05) is 0 Å². The SMILES string of the molecule is Cc1nc(-c2cnn(C)c2COC(=O)Oc2ccc([N+](=O)[O-])cc2)cnc1OC1CCCC1. The number of ether oxygens (including phenoxy) is 3. The van der Waals surface area contributed by atoms with Crippen molar-refractivity contribution < 1.29 is 23.9 Å². The molecule has 0 bridgehead atoms. The summed E-state index contributed by atoms with van der Waals surface area (Å²) in [4.78, 5) is 31.3. The third kappa shape index (κ3) is 5.25. The zero-order chi connectivity index (χ0) is 23.4. The van der Waals surface area contributed by atoms with Crippen LogP contribution in [0.15, 0.2) is 36.7 Å². The summed E-state index contributed by atoms with van der Waals surface area (Å²) in [7, 11) is 1.72. The van der Waals surface area contributed by atoms with Gasteiger partial charge in [0.1, 0.15) is 24.2 Å². The molecule has 33 heavy (non-hydrogen) atoms. The molecule has 0 spiro atoms. The maximum atomic E-state index is 12.1. The van der Waals surface area contributed by atoms with Gasteiger partial charge in [-0.15, -0.1) is 0 Å². The molecule has 172 valence electrons. The van der Waals surface area contributed by atoms with E-state index in [-0.39, 0.29) is 24.1 Å². The lowest BCUT2D eigenvalue weighted by molar-refractivity contribution is -0.384. The third-order valence-corrected chi connectivity index (χ3v) is 5.40. The van der Waals surface area contributed by atoms with Crippen LogP contribution in [0.3, 0.4) is 0 Å². The van der Waals surface area contributed by atoms with Crippen molar-refractivity contribution in [2.45, 2.75) is 45.3 Å². The normalized spacial score (nSPS) is 13.6. The third-order valence-electron chi connectivity index (χ3n) is 5.40. The Kier molecular flexibility index (Phi) is 6.48. The topological polar surface area (TPSA) is 132 Å². The first-order valence-electron chi connectivity index (χ1n) is 10.5. The van der Waals surface area contributed by atoms with E-state index in [2.05, 4.69) is 15.1 Å². The van der Waals surface area contributed by atoms with Crippen LogP contribution in [-0.2, 0) is 18.4 Å². The summed E-state index contributed by atoms with van der Waals surface area (Å²) >= 11 is 0. The number of aryl methyl sites for hydroxylation is 2. The molecule has 2 heterocycles. The lowest BCUT2D eigenvalue weighted by Crippen LogP contribution is -2.14. The van der Waals surface area contributed by atoms with Gasteiger partial charge in [0.15, 0.2) is 0 Å². The number of benzene rings is 1. The van der Waals surface area contributed by atoms with Crippen LogP contribution in [0.25, 0.3) is 11.3 Å². The summed E-state index contributed by atoms with van der Waals surface area (Å²) in [6.45, 7) is 1.73. The molecule has 1 saturated carbocycles. The molecular formula is C22H23N5O6. The lowest BCUT2D eigenvalue weighted by Gasteiger charge is -2.14. The standard InChI is InChI=1S/C22H23N5O6/c1-14-21(32-16-5-3-4-6-16)23-12-19(25-14)18-11-24-26(2)20(18)13-31-22(28)33-17-9-7-15(8-10-17)27(29)30/h7-12,16H,3-6,13H2,1-2H3. The van der Waals surface area contributed by atoms with E-state index in [1.807, 2.05) is 6.92 Å². The van der Waals surface area contributed by atoms with Crippen molar-refractivity contribution in [1.29, 1.82) is 0 Å². The van der Waals surface area contributed by atoms with Gasteiger partial charge in [0.05, 0.1) is 28.7 Å². The summed E-state index contributed by atoms with van der Waals surface area (Å²) in [5, 5.41) is 15.0. The Morgan fingerprint density at radius 2 is 1.94 bits per heavy atom. The number of hydrogen-bond donors (Lipinski definition) is 0. The smallest absolute Gasteiger partial charge is 0.473 e. The number of carbonyl (C=O) groups excluding carboxylic acids is 1. The monoisotopic (exact) mass is 453 g/mol. The number of rotatable bonds is 7. The Morgan fingerprint density at radius 1 is 1.21 bits per heavy atom. The van der Waals surface area contributed by atoms with Crippen LogP contribution in [0, 0.1) is 17.0 Å². The van der Waals surface area contributed by atoms with E-state index in [9.17, 15) is 14.9 Å². The van der Waals surface area contributed by atoms with Crippen LogP contribution in [0.2, 0.25) is 0 Å². The van der Waals surface area contributed by atoms with E-state index < -0.39 is 11.1 Å². The fraction of sp³-hybridized carbons (Fsp3) is 0.364. The van der Waals surface area contributed by atoms with Gasteiger partial charge in [0.2, 0.25) is 5.88 Å². The molecule has 1 aliphatic rings. The van der Waals surface area contributed by atoms with Crippen LogP contribution in [-0.4, -0.2) is 36.9 Å². The van der Waals surface area contributed by atoms with Gasteiger partial charge in [-0.25, -0.2) is 14.8 Å². The van der Waals surface area contributed by atoms with E-state index in [1.54, 1.807) is 24.1 Å². The second kappa shape index (κ2) is 9.63. The largest absolute Gasteiger partial charge is 0.514 e. The first-order chi connectivity index (χ1) is 15.9. The predicted octanol–water partition coefficient (Wildman–Crippen LogP) is 4.13. The summed E-state index contributed by atoms with van der Waals surface area (Å²) < 4.78 is 17.8. The molecule has 0 aliphatic heterocycles. The molecule has 0 saturated heterocycles. The van der Waals surface area contributed by atoms with Crippen molar-refractivity contribution in [1.82, 2.24) is 19.7 Å². The summed E-state index contributed by atoms with van der Waals surface area (Å²) in [6.07, 6.45) is 6.88. The Bertz CT molecular complexity index is 1150. The molecular weight excluding hydrogens is 430 g/mol. The zero-order valence-corrected chi connectivity index (χ0v) is 18.3. The summed E-state index contributed by atoms with van der Waals surface area (Å²) in [5.74, 6) is 0.661. The highest BCUT2D eigenvalue weighted by atomic mass is 16.7. The summed E-state index contributed by atoms with van der Waals surface area (Å²) in [6, 6.07) is 5.12. The average molecular weight is 453 g/mol. The van der Waals surface area contributed by atoms with Gasteiger partial charge >= 0.3 is 6.16 Å². The number of nitrogens with zero attached hydrogens (tertiary/aromatic N) is 5. The van der Waals surface area contributed by atoms with Crippen LogP contribution in [0.4, 0.5) is 10.5 Å². The second-order valence-corrected chi connectivity index (χ2v) is 7.69. The molecule has 0 amide bonds. The number of aromatic nitrogens is 4. The fourth-order valence-electron chi connectivity index (χ4n) is 3.62. The minimum absolute atomic E-state index is 0.105. The molecule has 1 aromatic carbocycles. The maximum absolute atomic E-state index is 12.1. The minimum Gasteiger partial charge on any atom is -0.473 e. The van der Waals surface area contributed by atoms with Gasteiger partial charge < -0.3 is 14.2 Å². The highest BCUT2D eigenvalue weighted by Gasteiger charge is 2.20. The van der Waals surface area contributed by atoms with E-state index in [4.69, 9.17) is 14.2 Å². The molecule has 0 radical (unpaired) electrons. The fourth-order valence-corrected chi connectivity index (χ4v) is 3.62. The van der Waals surface area contributed by atoms with Gasteiger partial charge in [-0.05, 0) is 44.7 Å². The molecule has 2 aromatic heterocycles. The minimum atomic E-state index is -0.946. The molecule has 3 aromatic rings. The first kappa shape index (κ1) is 22.2. The molecule has 1 fully saturated rings. The van der Waals surface area contributed by atoms with Crippen LogP contribution in [0.1, 0.15) is 37.1 Å². The second-order valence-electron chi connectivity index (χ2n) is 7.69. The van der Waals surface area contributed by atoms with Crippen molar-refractivity contribution in [3.63, 3.8) is 0 Å². The van der Waals surface area contributed by atoms with Gasteiger partial charge in [-0.2, -0.15) is 5.10 Å².